The SMILES string of the molecule is CC1C(C(=O)NC2CCCc3ccccc32)=NN(c2ccc(Cl)cc2Cl)C1c1ccc(Cl)cc1. The van der Waals surface area contributed by atoms with Crippen molar-refractivity contribution < 1.29 is 4.79 Å². The van der Waals surface area contributed by atoms with E-state index in [9.17, 15) is 4.79 Å². The standard InChI is InChI=1S/C27H24Cl3N3O/c1-16-25(27(34)31-23-8-4-6-17-5-2-3-7-21(17)23)32-33(24-14-13-20(29)15-22(24)30)26(16)18-9-11-19(28)12-10-18/h2-3,5,7,9-16,23,26H,4,6,8H2,1H3,(H,31,34). The topological polar surface area (TPSA) is 44.7 Å². The van der Waals surface area contributed by atoms with Crippen molar-refractivity contribution in [3.05, 3.63) is 98.5 Å². The lowest BCUT2D eigenvalue weighted by Gasteiger charge is -2.28. The van der Waals surface area contributed by atoms with E-state index < -0.39 is 0 Å². The van der Waals surface area contributed by atoms with Crippen molar-refractivity contribution in [2.75, 3.05) is 5.01 Å². The van der Waals surface area contributed by atoms with Crippen LogP contribution in [-0.4, -0.2) is 11.6 Å². The number of benzene rings is 3. The Bertz CT molecular complexity index is 1260. The Balaban J connectivity index is 1.49. The monoisotopic (exact) mass is 511 g/mol. The lowest BCUT2D eigenvalue weighted by Crippen LogP contribution is -2.38. The molecule has 1 aliphatic heterocycles. The minimum absolute atomic E-state index is 0.0190. The van der Waals surface area contributed by atoms with Gasteiger partial charge in [0.25, 0.3) is 5.91 Å². The Hall–Kier alpha value is -2.53. The molecule has 3 aromatic rings. The maximum absolute atomic E-state index is 13.5. The maximum atomic E-state index is 13.5. The number of rotatable bonds is 4. The second-order valence-electron chi connectivity index (χ2n) is 8.83. The minimum atomic E-state index is -0.213. The van der Waals surface area contributed by atoms with Crippen LogP contribution in [0.4, 0.5) is 5.69 Å². The van der Waals surface area contributed by atoms with Crippen LogP contribution in [0, 0.1) is 5.92 Å². The smallest absolute Gasteiger partial charge is 0.268 e. The Morgan fingerprint density at radius 1 is 1.00 bits per heavy atom. The number of anilines is 1. The summed E-state index contributed by atoms with van der Waals surface area (Å²) >= 11 is 18.8. The number of aryl methyl sites for hydroxylation is 1. The number of nitrogens with zero attached hydrogens (tertiary/aromatic N) is 2. The zero-order valence-electron chi connectivity index (χ0n) is 18.6. The van der Waals surface area contributed by atoms with E-state index in [0.717, 1.165) is 24.8 Å². The summed E-state index contributed by atoms with van der Waals surface area (Å²) in [4.78, 5) is 13.5. The van der Waals surface area contributed by atoms with Gasteiger partial charge in [-0.05, 0) is 66.3 Å². The van der Waals surface area contributed by atoms with Crippen LogP contribution in [0.25, 0.3) is 0 Å². The molecular weight excluding hydrogens is 489 g/mol. The molecule has 0 bridgehead atoms. The predicted octanol–water partition coefficient (Wildman–Crippen LogP) is 7.39. The summed E-state index contributed by atoms with van der Waals surface area (Å²) < 4.78 is 0. The largest absolute Gasteiger partial charge is 0.344 e. The fraction of sp³-hybridized carbons (Fsp3) is 0.259. The summed E-state index contributed by atoms with van der Waals surface area (Å²) in [7, 11) is 0. The average Bonchev–Trinajstić information content (AvgIpc) is 3.17. The van der Waals surface area contributed by atoms with Crippen molar-refractivity contribution >= 4 is 52.1 Å². The van der Waals surface area contributed by atoms with Crippen molar-refractivity contribution in [2.45, 2.75) is 38.3 Å². The lowest BCUT2D eigenvalue weighted by atomic mass is 9.87. The molecule has 1 N–H and O–H groups in total. The van der Waals surface area contributed by atoms with Crippen molar-refractivity contribution in [2.24, 2.45) is 11.0 Å². The number of carbonyl (C=O) groups excluding carboxylic acids is 1. The van der Waals surface area contributed by atoms with Crippen LogP contribution in [0.3, 0.4) is 0 Å². The molecule has 0 saturated heterocycles. The third-order valence-electron chi connectivity index (χ3n) is 6.66. The van der Waals surface area contributed by atoms with E-state index in [1.54, 1.807) is 12.1 Å². The molecule has 34 heavy (non-hydrogen) atoms. The predicted molar refractivity (Wildman–Crippen MR) is 140 cm³/mol. The van der Waals surface area contributed by atoms with Gasteiger partial charge >= 0.3 is 0 Å². The van der Waals surface area contributed by atoms with Crippen molar-refractivity contribution in [3.8, 4) is 0 Å². The Kier molecular flexibility index (Phi) is 6.57. The molecule has 2 aliphatic rings. The second-order valence-corrected chi connectivity index (χ2v) is 10.1. The molecule has 174 valence electrons. The molecule has 0 aromatic heterocycles. The highest BCUT2D eigenvalue weighted by Gasteiger charge is 2.40. The molecule has 3 unspecified atom stereocenters. The fourth-order valence-electron chi connectivity index (χ4n) is 4.98. The molecule has 0 saturated carbocycles. The Morgan fingerprint density at radius 2 is 1.74 bits per heavy atom. The molecular formula is C27H24Cl3N3O. The quantitative estimate of drug-likeness (QED) is 0.396. The van der Waals surface area contributed by atoms with Crippen LogP contribution in [0.1, 0.15) is 48.5 Å². The normalized spacial score (nSPS) is 21.7. The van der Waals surface area contributed by atoms with Gasteiger partial charge in [-0.2, -0.15) is 5.10 Å². The zero-order valence-corrected chi connectivity index (χ0v) is 20.9. The maximum Gasteiger partial charge on any atom is 0.268 e. The summed E-state index contributed by atoms with van der Waals surface area (Å²) in [5.74, 6) is -0.326. The van der Waals surface area contributed by atoms with Crippen LogP contribution >= 0.6 is 34.8 Å². The molecule has 5 rings (SSSR count). The minimum Gasteiger partial charge on any atom is -0.344 e. The van der Waals surface area contributed by atoms with E-state index in [1.807, 2.05) is 48.3 Å². The highest BCUT2D eigenvalue weighted by atomic mass is 35.5. The molecule has 0 radical (unpaired) electrons. The van der Waals surface area contributed by atoms with E-state index in [1.165, 1.54) is 11.1 Å². The van der Waals surface area contributed by atoms with Crippen LogP contribution < -0.4 is 10.3 Å². The van der Waals surface area contributed by atoms with Gasteiger partial charge in [0.05, 0.1) is 22.8 Å². The number of amides is 1. The second kappa shape index (κ2) is 9.61. The average molecular weight is 513 g/mol. The third kappa shape index (κ3) is 4.43. The molecule has 0 spiro atoms. The number of fused-ring (bicyclic) bond motifs is 1. The summed E-state index contributed by atoms with van der Waals surface area (Å²) in [6.07, 6.45) is 3.00. The molecule has 7 heteroatoms. The molecule has 4 nitrogen and oxygen atoms in total. The number of nitrogens with one attached hydrogen (secondary N) is 1. The van der Waals surface area contributed by atoms with Crippen LogP contribution in [-0.2, 0) is 11.2 Å². The van der Waals surface area contributed by atoms with Gasteiger partial charge in [-0.25, -0.2) is 0 Å². The number of carbonyl (C=O) groups is 1. The number of hydrogen-bond acceptors (Lipinski definition) is 3. The zero-order chi connectivity index (χ0) is 23.8. The van der Waals surface area contributed by atoms with Crippen molar-refractivity contribution in [3.63, 3.8) is 0 Å². The molecule has 3 atom stereocenters. The molecule has 1 aliphatic carbocycles. The Labute approximate surface area is 214 Å². The van der Waals surface area contributed by atoms with E-state index >= 15 is 0 Å². The third-order valence-corrected chi connectivity index (χ3v) is 7.45. The van der Waals surface area contributed by atoms with Gasteiger partial charge in [0.2, 0.25) is 0 Å². The van der Waals surface area contributed by atoms with Gasteiger partial charge in [-0.1, -0.05) is 78.1 Å². The first-order valence-electron chi connectivity index (χ1n) is 11.4. The molecule has 1 amide bonds. The fourth-order valence-corrected chi connectivity index (χ4v) is 5.60. The molecule has 0 fully saturated rings. The van der Waals surface area contributed by atoms with E-state index in [0.29, 0.717) is 26.5 Å². The van der Waals surface area contributed by atoms with Gasteiger partial charge in [0.15, 0.2) is 0 Å². The molecule has 1 heterocycles. The first kappa shape index (κ1) is 23.2. The van der Waals surface area contributed by atoms with Gasteiger partial charge in [0.1, 0.15) is 5.71 Å². The van der Waals surface area contributed by atoms with E-state index in [4.69, 9.17) is 39.9 Å². The van der Waals surface area contributed by atoms with E-state index in [-0.39, 0.29) is 23.9 Å². The van der Waals surface area contributed by atoms with Crippen LogP contribution in [0.15, 0.2) is 71.8 Å². The van der Waals surface area contributed by atoms with Gasteiger partial charge in [-0.3, -0.25) is 9.80 Å². The van der Waals surface area contributed by atoms with E-state index in [2.05, 4.69) is 23.5 Å². The number of halogens is 3. The lowest BCUT2D eigenvalue weighted by molar-refractivity contribution is -0.115. The van der Waals surface area contributed by atoms with Gasteiger partial charge < -0.3 is 5.32 Å². The van der Waals surface area contributed by atoms with Gasteiger partial charge in [-0.15, -0.1) is 0 Å². The summed E-state index contributed by atoms with van der Waals surface area (Å²) in [6, 6.07) is 21.0. The summed E-state index contributed by atoms with van der Waals surface area (Å²) in [5.41, 5.74) is 4.67. The highest BCUT2D eigenvalue weighted by Crippen LogP contribution is 2.43. The summed E-state index contributed by atoms with van der Waals surface area (Å²) in [5, 5.41) is 11.6. The van der Waals surface area contributed by atoms with Crippen LogP contribution in [0.2, 0.25) is 15.1 Å². The number of hydrogen-bond donors (Lipinski definition) is 1. The molecule has 3 aromatic carbocycles. The first-order valence-corrected chi connectivity index (χ1v) is 12.5. The van der Waals surface area contributed by atoms with Crippen molar-refractivity contribution in [1.82, 2.24) is 5.32 Å². The Morgan fingerprint density at radius 3 is 2.50 bits per heavy atom. The number of hydrazone groups is 1. The first-order chi connectivity index (χ1) is 16.4. The van der Waals surface area contributed by atoms with Crippen molar-refractivity contribution in [1.29, 1.82) is 0 Å². The summed E-state index contributed by atoms with van der Waals surface area (Å²) in [6.45, 7) is 2.02. The highest BCUT2D eigenvalue weighted by molar-refractivity contribution is 6.41. The van der Waals surface area contributed by atoms with Crippen LogP contribution in [0.5, 0.6) is 0 Å². The van der Waals surface area contributed by atoms with Gasteiger partial charge in [0, 0.05) is 16.0 Å².